The molecule has 146 valence electrons. The Labute approximate surface area is 169 Å². The van der Waals surface area contributed by atoms with Gasteiger partial charge in [-0.25, -0.2) is 8.42 Å². The van der Waals surface area contributed by atoms with Crippen LogP contribution < -0.4 is 9.62 Å². The maximum Gasteiger partial charge on any atom is 0.264 e. The second kappa shape index (κ2) is 7.22. The molecule has 0 spiro atoms. The highest BCUT2D eigenvalue weighted by Crippen LogP contribution is 2.32. The van der Waals surface area contributed by atoms with Crippen molar-refractivity contribution in [2.75, 3.05) is 10.8 Å². The van der Waals surface area contributed by atoms with E-state index in [9.17, 15) is 13.2 Å². The van der Waals surface area contributed by atoms with Crippen LogP contribution in [0.15, 0.2) is 53.4 Å². The van der Waals surface area contributed by atoms with Gasteiger partial charge in [-0.15, -0.1) is 11.3 Å². The van der Waals surface area contributed by atoms with Crippen LogP contribution in [0.2, 0.25) is 0 Å². The van der Waals surface area contributed by atoms with Crippen molar-refractivity contribution in [1.29, 1.82) is 0 Å². The third-order valence-corrected chi connectivity index (χ3v) is 7.85. The first kappa shape index (κ1) is 19.0. The van der Waals surface area contributed by atoms with E-state index in [2.05, 4.69) is 5.32 Å². The van der Waals surface area contributed by atoms with E-state index in [1.165, 1.54) is 15.6 Å². The lowest BCUT2D eigenvalue weighted by Crippen LogP contribution is -2.30. The van der Waals surface area contributed by atoms with Crippen LogP contribution in [0.1, 0.15) is 35.0 Å². The van der Waals surface area contributed by atoms with Gasteiger partial charge in [0.1, 0.15) is 0 Å². The number of aryl methyl sites for hydroxylation is 1. The molecule has 1 fully saturated rings. The van der Waals surface area contributed by atoms with E-state index in [1.54, 1.807) is 30.3 Å². The van der Waals surface area contributed by atoms with Crippen LogP contribution in [0.3, 0.4) is 0 Å². The van der Waals surface area contributed by atoms with Crippen LogP contribution in [-0.4, -0.2) is 26.9 Å². The highest BCUT2D eigenvalue weighted by atomic mass is 32.2. The third kappa shape index (κ3) is 3.64. The number of hydrogen-bond donors (Lipinski definition) is 1. The molecule has 4 rings (SSSR count). The van der Waals surface area contributed by atoms with E-state index in [0.29, 0.717) is 23.2 Å². The number of carbonyl (C=O) groups excluding carboxylic acids is 1. The summed E-state index contributed by atoms with van der Waals surface area (Å²) in [7, 11) is -3.65. The molecule has 1 heterocycles. The zero-order valence-corrected chi connectivity index (χ0v) is 17.4. The Morgan fingerprint density at radius 1 is 1.14 bits per heavy atom. The molecule has 28 heavy (non-hydrogen) atoms. The Bertz CT molecular complexity index is 1130. The quantitative estimate of drug-likeness (QED) is 0.653. The number of anilines is 1. The summed E-state index contributed by atoms with van der Waals surface area (Å²) in [6, 6.07) is 14.5. The minimum Gasteiger partial charge on any atom is -0.349 e. The first-order valence-corrected chi connectivity index (χ1v) is 11.6. The first-order chi connectivity index (χ1) is 13.4. The highest BCUT2D eigenvalue weighted by molar-refractivity contribution is 7.92. The fraction of sp³-hybridized carbons (Fsp3) is 0.286. The van der Waals surface area contributed by atoms with Gasteiger partial charge in [0.15, 0.2) is 0 Å². The average Bonchev–Trinajstić information content (AvgIpc) is 3.37. The van der Waals surface area contributed by atoms with Gasteiger partial charge in [0, 0.05) is 17.3 Å². The van der Waals surface area contributed by atoms with Gasteiger partial charge in [0.25, 0.3) is 15.9 Å². The average molecular weight is 415 g/mol. The summed E-state index contributed by atoms with van der Waals surface area (Å²) in [6.07, 6.45) is 2.09. The van der Waals surface area contributed by atoms with Crippen LogP contribution in [-0.2, 0) is 10.0 Å². The van der Waals surface area contributed by atoms with Gasteiger partial charge >= 0.3 is 0 Å². The SMILES string of the molecule is CCN(c1ccc2sc(C(=O)NC3CC3)cc2c1)S(=O)(=O)c1ccc(C)cc1. The lowest BCUT2D eigenvalue weighted by Gasteiger charge is -2.23. The molecule has 0 saturated heterocycles. The molecule has 1 saturated carbocycles. The number of carbonyl (C=O) groups is 1. The van der Waals surface area contributed by atoms with Crippen LogP contribution >= 0.6 is 11.3 Å². The minimum absolute atomic E-state index is 0.0510. The molecule has 0 radical (unpaired) electrons. The monoisotopic (exact) mass is 414 g/mol. The molecule has 1 N–H and O–H groups in total. The Hall–Kier alpha value is -2.38. The van der Waals surface area contributed by atoms with Gasteiger partial charge in [0.05, 0.1) is 15.5 Å². The van der Waals surface area contributed by atoms with Gasteiger partial charge in [-0.3, -0.25) is 9.10 Å². The Morgan fingerprint density at radius 3 is 2.50 bits per heavy atom. The predicted octanol–water partition coefficient (Wildman–Crippen LogP) is 4.32. The Morgan fingerprint density at radius 2 is 1.86 bits per heavy atom. The Balaban J connectivity index is 1.67. The lowest BCUT2D eigenvalue weighted by molar-refractivity contribution is 0.0955. The zero-order chi connectivity index (χ0) is 19.9. The van der Waals surface area contributed by atoms with Crippen LogP contribution in [0.25, 0.3) is 10.1 Å². The lowest BCUT2D eigenvalue weighted by atomic mass is 10.2. The number of hydrogen-bond acceptors (Lipinski definition) is 4. The molecule has 5 nitrogen and oxygen atoms in total. The number of sulfonamides is 1. The van der Waals surface area contributed by atoms with Crippen molar-refractivity contribution in [3.8, 4) is 0 Å². The molecule has 7 heteroatoms. The normalized spacial score (nSPS) is 14.2. The minimum atomic E-state index is -3.65. The van der Waals surface area contributed by atoms with E-state index in [-0.39, 0.29) is 10.8 Å². The topological polar surface area (TPSA) is 66.5 Å². The first-order valence-electron chi connectivity index (χ1n) is 9.32. The maximum atomic E-state index is 13.1. The number of fused-ring (bicyclic) bond motifs is 1. The summed E-state index contributed by atoms with van der Waals surface area (Å²) in [4.78, 5) is 13.2. The van der Waals surface area contributed by atoms with Crippen molar-refractivity contribution < 1.29 is 13.2 Å². The standard InChI is InChI=1S/C21H22N2O3S2/c1-3-23(28(25,26)18-9-4-14(2)5-10-18)17-8-11-19-15(12-17)13-20(27-19)21(24)22-16-6-7-16/h4-5,8-13,16H,3,6-7H2,1-2H3,(H,22,24). The summed E-state index contributed by atoms with van der Waals surface area (Å²) in [6.45, 7) is 4.06. The fourth-order valence-electron chi connectivity index (χ4n) is 3.11. The molecule has 0 unspecified atom stereocenters. The summed E-state index contributed by atoms with van der Waals surface area (Å²) < 4.78 is 28.6. The molecular formula is C21H22N2O3S2. The van der Waals surface area contributed by atoms with Crippen molar-refractivity contribution in [1.82, 2.24) is 5.32 Å². The molecule has 1 amide bonds. The Kier molecular flexibility index (Phi) is 4.89. The summed E-state index contributed by atoms with van der Waals surface area (Å²) >= 11 is 1.43. The number of thiophene rings is 1. The van der Waals surface area contributed by atoms with Gasteiger partial charge < -0.3 is 5.32 Å². The fourth-order valence-corrected chi connectivity index (χ4v) is 5.52. The van der Waals surface area contributed by atoms with Crippen LogP contribution in [0.4, 0.5) is 5.69 Å². The van der Waals surface area contributed by atoms with E-state index in [1.807, 2.05) is 32.0 Å². The molecule has 0 bridgehead atoms. The van der Waals surface area contributed by atoms with Gasteiger partial charge in [0.2, 0.25) is 0 Å². The molecule has 0 atom stereocenters. The molecule has 1 aromatic heterocycles. The van der Waals surface area contributed by atoms with Gasteiger partial charge in [-0.05, 0) is 68.5 Å². The zero-order valence-electron chi connectivity index (χ0n) is 15.8. The van der Waals surface area contributed by atoms with Gasteiger partial charge in [-0.2, -0.15) is 0 Å². The number of nitrogens with zero attached hydrogens (tertiary/aromatic N) is 1. The van der Waals surface area contributed by atoms with Crippen LogP contribution in [0.5, 0.6) is 0 Å². The van der Waals surface area contributed by atoms with Crippen molar-refractivity contribution in [3.63, 3.8) is 0 Å². The second-order valence-electron chi connectivity index (χ2n) is 7.06. The molecule has 0 aliphatic heterocycles. The summed E-state index contributed by atoms with van der Waals surface area (Å²) in [5, 5.41) is 3.87. The number of benzene rings is 2. The number of amides is 1. The van der Waals surface area contributed by atoms with E-state index in [0.717, 1.165) is 28.5 Å². The van der Waals surface area contributed by atoms with Crippen LogP contribution in [0, 0.1) is 6.92 Å². The third-order valence-electron chi connectivity index (χ3n) is 4.82. The highest BCUT2D eigenvalue weighted by Gasteiger charge is 2.26. The van der Waals surface area contributed by atoms with E-state index < -0.39 is 10.0 Å². The molecule has 1 aliphatic carbocycles. The van der Waals surface area contributed by atoms with E-state index >= 15 is 0 Å². The van der Waals surface area contributed by atoms with Crippen molar-refractivity contribution in [3.05, 3.63) is 59.0 Å². The molecular weight excluding hydrogens is 392 g/mol. The maximum absolute atomic E-state index is 13.1. The number of rotatable bonds is 6. The number of nitrogens with one attached hydrogen (secondary N) is 1. The summed E-state index contributed by atoms with van der Waals surface area (Å²) in [5.41, 5.74) is 1.61. The molecule has 1 aliphatic rings. The largest absolute Gasteiger partial charge is 0.349 e. The van der Waals surface area contributed by atoms with Crippen molar-refractivity contribution in [2.24, 2.45) is 0 Å². The predicted molar refractivity (Wildman–Crippen MR) is 114 cm³/mol. The molecule has 3 aromatic rings. The van der Waals surface area contributed by atoms with Crippen molar-refractivity contribution >= 4 is 43.0 Å². The van der Waals surface area contributed by atoms with Gasteiger partial charge in [-0.1, -0.05) is 17.7 Å². The smallest absolute Gasteiger partial charge is 0.264 e. The summed E-state index contributed by atoms with van der Waals surface area (Å²) in [5.74, 6) is -0.0510. The van der Waals surface area contributed by atoms with Crippen molar-refractivity contribution in [2.45, 2.75) is 37.6 Å². The second-order valence-corrected chi connectivity index (χ2v) is 10.0. The van der Waals surface area contributed by atoms with E-state index in [4.69, 9.17) is 0 Å². The molecule has 2 aromatic carbocycles.